The molecule has 1 heterocycles. The first kappa shape index (κ1) is 18.1. The molecule has 0 fully saturated rings. The Morgan fingerprint density at radius 3 is 2.55 bits per heavy atom. The third kappa shape index (κ3) is 4.83. The van der Waals surface area contributed by atoms with Crippen LogP contribution in [0.5, 0.6) is 0 Å². The average Bonchev–Trinajstić information content (AvgIpc) is 2.87. The summed E-state index contributed by atoms with van der Waals surface area (Å²) < 4.78 is 32.2. The molecule has 0 aliphatic carbocycles. The lowest BCUT2D eigenvalue weighted by atomic mass is 10.1. The predicted molar refractivity (Wildman–Crippen MR) is 79.2 cm³/mol. The highest BCUT2D eigenvalue weighted by atomic mass is 32.2. The average molecular weight is 331 g/mol. The first-order chi connectivity index (χ1) is 10.2. The lowest BCUT2D eigenvalue weighted by molar-refractivity contribution is -0.144. The van der Waals surface area contributed by atoms with Crippen LogP contribution in [-0.4, -0.2) is 42.4 Å². The Balaban J connectivity index is 2.59. The quantitative estimate of drug-likeness (QED) is 0.705. The molecule has 124 valence electrons. The van der Waals surface area contributed by atoms with Gasteiger partial charge in [0.15, 0.2) is 0 Å². The van der Waals surface area contributed by atoms with Crippen molar-refractivity contribution in [3.05, 3.63) is 18.0 Å². The SMILES string of the molecule is COC(=O)[C@H](C)[C@H](C)S(=O)(=O)NC(=O)CCc1cnn(C)c1. The van der Waals surface area contributed by atoms with Crippen LogP contribution in [-0.2, 0) is 37.8 Å². The molecule has 1 N–H and O–H groups in total. The fourth-order valence-electron chi connectivity index (χ4n) is 1.81. The van der Waals surface area contributed by atoms with Gasteiger partial charge < -0.3 is 4.74 Å². The largest absolute Gasteiger partial charge is 0.469 e. The van der Waals surface area contributed by atoms with Crippen molar-refractivity contribution in [2.45, 2.75) is 31.9 Å². The standard InChI is InChI=1S/C13H21N3O5S/c1-9(13(18)21-4)10(2)22(19,20)15-12(17)6-5-11-7-14-16(3)8-11/h7-10H,5-6H2,1-4H3,(H,15,17)/t9-,10+/m1/s1. The minimum atomic E-state index is -3.93. The van der Waals surface area contributed by atoms with Crippen LogP contribution in [0, 0.1) is 5.92 Å². The smallest absolute Gasteiger partial charge is 0.309 e. The molecule has 8 nitrogen and oxygen atoms in total. The number of amides is 1. The molecular weight excluding hydrogens is 310 g/mol. The summed E-state index contributed by atoms with van der Waals surface area (Å²) in [6.45, 7) is 2.80. The summed E-state index contributed by atoms with van der Waals surface area (Å²) in [4.78, 5) is 23.2. The zero-order valence-corrected chi connectivity index (χ0v) is 13.9. The number of ether oxygens (including phenoxy) is 1. The fourth-order valence-corrected chi connectivity index (χ4v) is 3.06. The molecule has 9 heteroatoms. The summed E-state index contributed by atoms with van der Waals surface area (Å²) >= 11 is 0. The summed E-state index contributed by atoms with van der Waals surface area (Å²) in [7, 11) is -0.995. The lowest BCUT2D eigenvalue weighted by Gasteiger charge is -2.18. The number of nitrogens with zero attached hydrogens (tertiary/aromatic N) is 2. The van der Waals surface area contributed by atoms with Gasteiger partial charge in [0.05, 0.1) is 24.5 Å². The van der Waals surface area contributed by atoms with E-state index in [-0.39, 0.29) is 6.42 Å². The molecule has 22 heavy (non-hydrogen) atoms. The topological polar surface area (TPSA) is 107 Å². The third-order valence-corrected chi connectivity index (χ3v) is 5.32. The Kier molecular flexibility index (Phi) is 6.10. The molecule has 0 aromatic carbocycles. The first-order valence-corrected chi connectivity index (χ1v) is 8.31. The van der Waals surface area contributed by atoms with Gasteiger partial charge in [-0.1, -0.05) is 6.92 Å². The number of hydrogen-bond acceptors (Lipinski definition) is 6. The lowest BCUT2D eigenvalue weighted by Crippen LogP contribution is -2.42. The van der Waals surface area contributed by atoms with Crippen molar-refractivity contribution >= 4 is 21.9 Å². The van der Waals surface area contributed by atoms with Crippen LogP contribution in [0.4, 0.5) is 0 Å². The second-order valence-corrected chi connectivity index (χ2v) is 7.15. The number of hydrogen-bond donors (Lipinski definition) is 1. The van der Waals surface area contributed by atoms with Gasteiger partial charge in [-0.15, -0.1) is 0 Å². The Bertz CT molecular complexity index is 638. The van der Waals surface area contributed by atoms with Crippen molar-refractivity contribution in [1.29, 1.82) is 0 Å². The van der Waals surface area contributed by atoms with Gasteiger partial charge in [-0.05, 0) is 18.9 Å². The van der Waals surface area contributed by atoms with Crippen molar-refractivity contribution < 1.29 is 22.7 Å². The van der Waals surface area contributed by atoms with Gasteiger partial charge in [0.1, 0.15) is 0 Å². The number of methoxy groups -OCH3 is 1. The molecule has 0 aliphatic heterocycles. The zero-order valence-electron chi connectivity index (χ0n) is 13.1. The molecule has 0 radical (unpaired) electrons. The monoisotopic (exact) mass is 331 g/mol. The van der Waals surface area contributed by atoms with Crippen molar-refractivity contribution in [2.24, 2.45) is 13.0 Å². The molecule has 1 aromatic heterocycles. The van der Waals surface area contributed by atoms with Crippen molar-refractivity contribution in [2.75, 3.05) is 7.11 Å². The number of aryl methyl sites for hydroxylation is 2. The minimum Gasteiger partial charge on any atom is -0.469 e. The van der Waals surface area contributed by atoms with Crippen LogP contribution >= 0.6 is 0 Å². The Morgan fingerprint density at radius 1 is 1.41 bits per heavy atom. The van der Waals surface area contributed by atoms with Gasteiger partial charge in [-0.3, -0.25) is 19.0 Å². The second kappa shape index (κ2) is 7.39. The van der Waals surface area contributed by atoms with Gasteiger partial charge in [-0.2, -0.15) is 5.10 Å². The van der Waals surface area contributed by atoms with Gasteiger partial charge >= 0.3 is 5.97 Å². The first-order valence-electron chi connectivity index (χ1n) is 6.77. The van der Waals surface area contributed by atoms with Gasteiger partial charge in [0.25, 0.3) is 0 Å². The van der Waals surface area contributed by atoms with Crippen molar-refractivity contribution in [3.63, 3.8) is 0 Å². The van der Waals surface area contributed by atoms with E-state index in [1.807, 2.05) is 4.72 Å². The minimum absolute atomic E-state index is 0.0181. The van der Waals surface area contributed by atoms with Crippen LogP contribution in [0.1, 0.15) is 25.8 Å². The molecule has 0 saturated carbocycles. The maximum atomic E-state index is 12.1. The maximum absolute atomic E-state index is 12.1. The number of sulfonamides is 1. The zero-order chi connectivity index (χ0) is 16.9. The van der Waals surface area contributed by atoms with Crippen LogP contribution in [0.2, 0.25) is 0 Å². The molecule has 1 amide bonds. The Morgan fingerprint density at radius 2 is 2.05 bits per heavy atom. The molecule has 0 spiro atoms. The highest BCUT2D eigenvalue weighted by Gasteiger charge is 2.32. The van der Waals surface area contributed by atoms with Crippen molar-refractivity contribution in [3.8, 4) is 0 Å². The summed E-state index contributed by atoms with van der Waals surface area (Å²) in [5, 5.41) is 2.90. The molecule has 0 unspecified atom stereocenters. The van der Waals surface area contributed by atoms with E-state index in [1.54, 1.807) is 24.1 Å². The van der Waals surface area contributed by atoms with Crippen LogP contribution in [0.15, 0.2) is 12.4 Å². The van der Waals surface area contributed by atoms with E-state index >= 15 is 0 Å². The summed E-state index contributed by atoms with van der Waals surface area (Å²) in [5.41, 5.74) is 0.839. The molecule has 2 atom stereocenters. The fraction of sp³-hybridized carbons (Fsp3) is 0.615. The number of rotatable bonds is 7. The van der Waals surface area contributed by atoms with Gasteiger partial charge in [0.2, 0.25) is 15.9 Å². The number of nitrogens with one attached hydrogen (secondary N) is 1. The van der Waals surface area contributed by atoms with E-state index in [4.69, 9.17) is 0 Å². The van der Waals surface area contributed by atoms with Crippen LogP contribution < -0.4 is 4.72 Å². The maximum Gasteiger partial charge on any atom is 0.309 e. The summed E-state index contributed by atoms with van der Waals surface area (Å²) in [5.74, 6) is -2.12. The molecule has 1 rings (SSSR count). The normalized spacial score (nSPS) is 14.2. The number of carbonyl (C=O) groups is 2. The highest BCUT2D eigenvalue weighted by molar-refractivity contribution is 7.90. The van der Waals surface area contributed by atoms with E-state index in [2.05, 4.69) is 9.84 Å². The molecule has 0 saturated heterocycles. The number of aromatic nitrogens is 2. The molecule has 0 bridgehead atoms. The van der Waals surface area contributed by atoms with Gasteiger partial charge in [0, 0.05) is 19.7 Å². The molecular formula is C13H21N3O5S. The van der Waals surface area contributed by atoms with Crippen molar-refractivity contribution in [1.82, 2.24) is 14.5 Å². The van der Waals surface area contributed by atoms with Crippen LogP contribution in [0.25, 0.3) is 0 Å². The molecule has 0 aliphatic rings. The summed E-state index contributed by atoms with van der Waals surface area (Å²) in [6.07, 6.45) is 3.77. The number of carbonyl (C=O) groups excluding carboxylic acids is 2. The van der Waals surface area contributed by atoms with E-state index in [0.29, 0.717) is 6.42 Å². The highest BCUT2D eigenvalue weighted by Crippen LogP contribution is 2.13. The van der Waals surface area contributed by atoms with E-state index < -0.39 is 33.1 Å². The number of esters is 1. The van der Waals surface area contributed by atoms with E-state index in [9.17, 15) is 18.0 Å². The van der Waals surface area contributed by atoms with E-state index in [1.165, 1.54) is 21.0 Å². The Hall–Kier alpha value is -1.90. The Labute approximate surface area is 129 Å². The van der Waals surface area contributed by atoms with Crippen LogP contribution in [0.3, 0.4) is 0 Å². The second-order valence-electron chi connectivity index (χ2n) is 5.11. The summed E-state index contributed by atoms with van der Waals surface area (Å²) in [6, 6.07) is 0. The predicted octanol–water partition coefficient (Wildman–Crippen LogP) is -0.00370. The molecule has 1 aromatic rings. The van der Waals surface area contributed by atoms with Gasteiger partial charge in [-0.25, -0.2) is 8.42 Å². The third-order valence-electron chi connectivity index (χ3n) is 3.42. The van der Waals surface area contributed by atoms with E-state index in [0.717, 1.165) is 5.56 Å².